The average molecular weight is 322 g/mol. The van der Waals surface area contributed by atoms with Gasteiger partial charge in [0.05, 0.1) is 0 Å². The van der Waals surface area contributed by atoms with E-state index in [0.717, 1.165) is 29.3 Å². The number of para-hydroxylation sites is 2. The number of benzene rings is 1. The fraction of sp³-hybridized carbons (Fsp3) is 0.562. The lowest BCUT2D eigenvalue weighted by atomic mass is 10.00. The largest absolute Gasteiger partial charge is 0.441 e. The maximum atomic E-state index is 5.77. The van der Waals surface area contributed by atoms with Gasteiger partial charge in [0.25, 0.3) is 0 Å². The number of fused-ring (bicyclic) bond motifs is 1. The summed E-state index contributed by atoms with van der Waals surface area (Å²) in [7, 11) is 0. The normalized spacial score (nSPS) is 18.2. The first kappa shape index (κ1) is 13.2. The molecule has 1 aromatic heterocycles. The minimum absolute atomic E-state index is 0.487. The molecule has 0 amide bonds. The maximum absolute atomic E-state index is 5.77. The van der Waals surface area contributed by atoms with Crippen LogP contribution in [0.2, 0.25) is 0 Å². The summed E-state index contributed by atoms with van der Waals surface area (Å²) in [6, 6.07) is 7.97. The lowest BCUT2D eigenvalue weighted by Crippen LogP contribution is -2.05. The first-order chi connectivity index (χ1) is 9.31. The predicted molar refractivity (Wildman–Crippen MR) is 81.6 cm³/mol. The Morgan fingerprint density at radius 2 is 2.05 bits per heavy atom. The third kappa shape index (κ3) is 3.38. The Balaban J connectivity index is 1.54. The second-order valence-electron chi connectivity index (χ2n) is 5.60. The molecule has 1 heterocycles. The van der Waals surface area contributed by atoms with Crippen LogP contribution in [0, 0.1) is 5.92 Å². The molecule has 1 fully saturated rings. The molecule has 1 atom stereocenters. The van der Waals surface area contributed by atoms with Crippen LogP contribution in [0.4, 0.5) is 0 Å². The van der Waals surface area contributed by atoms with Crippen molar-refractivity contribution in [1.82, 2.24) is 4.98 Å². The van der Waals surface area contributed by atoms with Crippen LogP contribution in [0.3, 0.4) is 0 Å². The van der Waals surface area contributed by atoms with E-state index in [-0.39, 0.29) is 0 Å². The summed E-state index contributed by atoms with van der Waals surface area (Å²) in [6.07, 6.45) is 9.19. The van der Waals surface area contributed by atoms with Crippen molar-refractivity contribution in [2.45, 2.75) is 49.8 Å². The quantitative estimate of drug-likeness (QED) is 0.716. The molecule has 0 aliphatic heterocycles. The van der Waals surface area contributed by atoms with Crippen LogP contribution in [0.1, 0.15) is 44.4 Å². The van der Waals surface area contributed by atoms with Crippen molar-refractivity contribution in [3.63, 3.8) is 0 Å². The molecule has 2 nitrogen and oxygen atoms in total. The fourth-order valence-electron chi connectivity index (χ4n) is 3.01. The van der Waals surface area contributed by atoms with Crippen molar-refractivity contribution in [2.75, 3.05) is 0 Å². The van der Waals surface area contributed by atoms with E-state index in [1.807, 2.05) is 24.3 Å². The maximum Gasteiger partial charge on any atom is 0.196 e. The van der Waals surface area contributed by atoms with Gasteiger partial charge >= 0.3 is 0 Å². The zero-order valence-electron chi connectivity index (χ0n) is 11.1. The summed E-state index contributed by atoms with van der Waals surface area (Å²) in [6.45, 7) is 0. The number of halogens is 1. The van der Waals surface area contributed by atoms with Crippen LogP contribution in [-0.2, 0) is 6.42 Å². The molecular weight excluding hydrogens is 302 g/mol. The molecule has 0 saturated heterocycles. The van der Waals surface area contributed by atoms with Crippen molar-refractivity contribution in [3.05, 3.63) is 30.2 Å². The number of nitrogens with zero attached hydrogens (tertiary/aromatic N) is 1. The van der Waals surface area contributed by atoms with Gasteiger partial charge in [-0.05, 0) is 30.9 Å². The van der Waals surface area contributed by atoms with Crippen molar-refractivity contribution in [3.8, 4) is 0 Å². The number of aromatic nitrogens is 1. The Labute approximate surface area is 122 Å². The van der Waals surface area contributed by atoms with Crippen molar-refractivity contribution < 1.29 is 4.42 Å². The molecule has 1 aliphatic carbocycles. The van der Waals surface area contributed by atoms with Gasteiger partial charge in [-0.25, -0.2) is 4.98 Å². The Bertz CT molecular complexity index is 497. The topological polar surface area (TPSA) is 26.0 Å². The number of hydrogen-bond acceptors (Lipinski definition) is 2. The van der Waals surface area contributed by atoms with Crippen molar-refractivity contribution >= 4 is 27.0 Å². The summed E-state index contributed by atoms with van der Waals surface area (Å²) in [5, 5.41) is 0. The summed E-state index contributed by atoms with van der Waals surface area (Å²) >= 11 is 3.78. The highest BCUT2D eigenvalue weighted by atomic mass is 79.9. The van der Waals surface area contributed by atoms with E-state index >= 15 is 0 Å². The van der Waals surface area contributed by atoms with E-state index in [1.165, 1.54) is 38.5 Å². The van der Waals surface area contributed by atoms with Gasteiger partial charge < -0.3 is 4.42 Å². The fourth-order valence-corrected chi connectivity index (χ4v) is 3.56. The molecule has 1 unspecified atom stereocenters. The van der Waals surface area contributed by atoms with Crippen LogP contribution in [0.5, 0.6) is 0 Å². The molecule has 0 N–H and O–H groups in total. The van der Waals surface area contributed by atoms with Crippen LogP contribution < -0.4 is 0 Å². The molecule has 1 aliphatic rings. The van der Waals surface area contributed by atoms with E-state index in [1.54, 1.807) is 0 Å². The van der Waals surface area contributed by atoms with Gasteiger partial charge in [-0.2, -0.15) is 0 Å². The van der Waals surface area contributed by atoms with Crippen LogP contribution >= 0.6 is 15.9 Å². The number of hydrogen-bond donors (Lipinski definition) is 0. The van der Waals surface area contributed by atoms with Crippen molar-refractivity contribution in [2.24, 2.45) is 5.92 Å². The van der Waals surface area contributed by atoms with E-state index in [2.05, 4.69) is 20.9 Å². The molecule has 1 aromatic carbocycles. The molecule has 19 heavy (non-hydrogen) atoms. The van der Waals surface area contributed by atoms with E-state index in [0.29, 0.717) is 4.83 Å². The number of oxazole rings is 1. The first-order valence-corrected chi connectivity index (χ1v) is 8.21. The van der Waals surface area contributed by atoms with E-state index in [4.69, 9.17) is 4.42 Å². The number of rotatable bonds is 5. The summed E-state index contributed by atoms with van der Waals surface area (Å²) in [5.41, 5.74) is 1.86. The highest BCUT2D eigenvalue weighted by molar-refractivity contribution is 9.09. The molecule has 102 valence electrons. The van der Waals surface area contributed by atoms with Gasteiger partial charge in [0.15, 0.2) is 11.5 Å². The number of alkyl halides is 1. The Morgan fingerprint density at radius 1 is 1.26 bits per heavy atom. The zero-order chi connectivity index (χ0) is 13.1. The van der Waals surface area contributed by atoms with E-state index < -0.39 is 0 Å². The minimum atomic E-state index is 0.487. The highest BCUT2D eigenvalue weighted by Crippen LogP contribution is 2.30. The standard InChI is InChI=1S/C16H20BrNO/c17-13(10-9-12-5-1-2-6-12)11-16-18-14-7-3-4-8-15(14)19-16/h3-4,7-8,12-13H,1-2,5-6,9-11H2. The molecule has 0 bridgehead atoms. The second kappa shape index (κ2) is 6.08. The van der Waals surface area contributed by atoms with Gasteiger partial charge in [0.1, 0.15) is 5.52 Å². The third-order valence-corrected chi connectivity index (χ3v) is 4.88. The Kier molecular flexibility index (Phi) is 4.21. The monoisotopic (exact) mass is 321 g/mol. The Hall–Kier alpha value is -0.830. The molecule has 2 aromatic rings. The second-order valence-corrected chi connectivity index (χ2v) is 6.90. The van der Waals surface area contributed by atoms with E-state index in [9.17, 15) is 0 Å². The zero-order valence-corrected chi connectivity index (χ0v) is 12.7. The van der Waals surface area contributed by atoms with Gasteiger partial charge in [0, 0.05) is 11.2 Å². The van der Waals surface area contributed by atoms with Crippen LogP contribution in [-0.4, -0.2) is 9.81 Å². The molecule has 0 spiro atoms. The molecule has 0 radical (unpaired) electrons. The molecule has 3 rings (SSSR count). The van der Waals surface area contributed by atoms with Gasteiger partial charge in [-0.3, -0.25) is 0 Å². The molecular formula is C16H20BrNO. The smallest absolute Gasteiger partial charge is 0.196 e. The molecule has 1 saturated carbocycles. The molecule has 3 heteroatoms. The SMILES string of the molecule is BrC(CCC1CCCC1)Cc1nc2ccccc2o1. The van der Waals surface area contributed by atoms with Gasteiger partial charge in [-0.1, -0.05) is 53.7 Å². The van der Waals surface area contributed by atoms with Gasteiger partial charge in [-0.15, -0.1) is 0 Å². The predicted octanol–water partition coefficient (Wildman–Crippen LogP) is 5.10. The highest BCUT2D eigenvalue weighted by Gasteiger charge is 2.17. The van der Waals surface area contributed by atoms with Gasteiger partial charge in [0.2, 0.25) is 0 Å². The van der Waals surface area contributed by atoms with Crippen LogP contribution in [0.15, 0.2) is 28.7 Å². The third-order valence-electron chi connectivity index (χ3n) is 4.10. The first-order valence-electron chi connectivity index (χ1n) is 7.30. The lowest BCUT2D eigenvalue weighted by molar-refractivity contribution is 0.463. The lowest BCUT2D eigenvalue weighted by Gasteiger charge is -2.11. The minimum Gasteiger partial charge on any atom is -0.441 e. The Morgan fingerprint density at radius 3 is 2.84 bits per heavy atom. The van der Waals surface area contributed by atoms with Crippen molar-refractivity contribution in [1.29, 1.82) is 0 Å². The average Bonchev–Trinajstić information content (AvgIpc) is 3.04. The summed E-state index contributed by atoms with van der Waals surface area (Å²) < 4.78 is 5.77. The summed E-state index contributed by atoms with van der Waals surface area (Å²) in [4.78, 5) is 5.02. The summed E-state index contributed by atoms with van der Waals surface area (Å²) in [5.74, 6) is 1.82. The van der Waals surface area contributed by atoms with Crippen LogP contribution in [0.25, 0.3) is 11.1 Å².